The van der Waals surface area contributed by atoms with Crippen molar-refractivity contribution in [2.45, 2.75) is 110 Å². The van der Waals surface area contributed by atoms with Crippen LogP contribution in [0.1, 0.15) is 67.7 Å². The molecule has 3 unspecified atom stereocenters. The van der Waals surface area contributed by atoms with Crippen molar-refractivity contribution in [1.29, 1.82) is 0 Å². The number of rotatable bonds is 21. The second-order valence-corrected chi connectivity index (χ2v) is 14.2. The van der Waals surface area contributed by atoms with Gasteiger partial charge in [-0.05, 0) is 33.1 Å². The summed E-state index contributed by atoms with van der Waals surface area (Å²) in [7, 11) is 1.31. The maximum atomic E-state index is 13.8. The Balaban J connectivity index is -0.000000982. The summed E-state index contributed by atoms with van der Waals surface area (Å²) in [5, 5.41) is 11.4. The van der Waals surface area contributed by atoms with Gasteiger partial charge >= 0.3 is 54.2 Å². The monoisotopic (exact) mass is 877 g/mol. The number of ether oxygens (including phenoxy) is 3. The number of aliphatic hydroxyl groups is 1. The van der Waals surface area contributed by atoms with Gasteiger partial charge in [-0.3, -0.25) is 19.2 Å². The SMILES string of the molecule is CCC(C)(C)C(=O)NCCC(C(F)(F)F)C(F)(F)C(F)(F)C(F)(F)C(F)(F)C(F)F.CCC(C)(C)C(=O)OCC(O)COC(=O)CSCC(C)C(=O)OC.FF. The van der Waals surface area contributed by atoms with Crippen molar-refractivity contribution in [3.8, 4) is 0 Å². The molecule has 334 valence electrons. The first kappa shape index (κ1) is 57.5. The lowest BCUT2D eigenvalue weighted by Gasteiger charge is -2.40. The van der Waals surface area contributed by atoms with Gasteiger partial charge in [0, 0.05) is 26.9 Å². The van der Waals surface area contributed by atoms with Crippen molar-refractivity contribution in [3.05, 3.63) is 0 Å². The van der Waals surface area contributed by atoms with Gasteiger partial charge in [-0.1, -0.05) is 34.6 Å². The molecule has 0 saturated heterocycles. The van der Waals surface area contributed by atoms with E-state index in [4.69, 9.17) is 18.6 Å². The van der Waals surface area contributed by atoms with E-state index in [-0.39, 0.29) is 37.3 Å². The number of esters is 3. The Labute approximate surface area is 316 Å². The molecule has 9 nitrogen and oxygen atoms in total. The molecule has 0 aromatic carbocycles. The number of amides is 1. The molecule has 0 aliphatic heterocycles. The molecule has 25 heteroatoms. The predicted molar refractivity (Wildman–Crippen MR) is 170 cm³/mol. The average Bonchev–Trinajstić information content (AvgIpc) is 3.10. The fraction of sp³-hybridized carbons (Fsp3) is 0.871. The molecule has 0 aromatic heterocycles. The Morgan fingerprint density at radius 2 is 1.20 bits per heavy atom. The number of carbonyl (C=O) groups excluding carboxylic acids is 4. The molecule has 0 aliphatic rings. The Kier molecular flexibility index (Phi) is 24.1. The van der Waals surface area contributed by atoms with Crippen molar-refractivity contribution in [2.75, 3.05) is 38.4 Å². The number of methoxy groups -OCH3 is 1. The molecule has 0 spiro atoms. The molecule has 0 saturated carbocycles. The number of thioether (sulfide) groups is 1. The highest BCUT2D eigenvalue weighted by atomic mass is 32.2. The molecule has 0 rings (SSSR count). The van der Waals surface area contributed by atoms with Gasteiger partial charge in [0.15, 0.2) is 0 Å². The van der Waals surface area contributed by atoms with Gasteiger partial charge in [-0.25, -0.2) is 8.78 Å². The molecular weight excluding hydrogens is 831 g/mol. The van der Waals surface area contributed by atoms with Crippen LogP contribution in [-0.4, -0.2) is 110 Å². The topological polar surface area (TPSA) is 128 Å². The van der Waals surface area contributed by atoms with E-state index in [1.165, 1.54) is 39.6 Å². The first-order valence-corrected chi connectivity index (χ1v) is 17.3. The van der Waals surface area contributed by atoms with E-state index >= 15 is 0 Å². The summed E-state index contributed by atoms with van der Waals surface area (Å²) in [6, 6.07) is 0. The minimum Gasteiger partial charge on any atom is -0.469 e. The summed E-state index contributed by atoms with van der Waals surface area (Å²) in [6.45, 7) is 9.32. The summed E-state index contributed by atoms with van der Waals surface area (Å²) in [4.78, 5) is 46.2. The second kappa shape index (κ2) is 23.5. The Bertz CT molecular complexity index is 1220. The molecule has 0 aliphatic carbocycles. The third kappa shape index (κ3) is 16.5. The number of hydrogen-bond donors (Lipinski definition) is 2. The zero-order chi connectivity index (χ0) is 45.3. The number of halogens is 15. The molecule has 3 atom stereocenters. The van der Waals surface area contributed by atoms with Crippen LogP contribution in [-0.2, 0) is 33.4 Å². The normalized spacial score (nSPS) is 14.6. The lowest BCUT2D eigenvalue weighted by Crippen LogP contribution is -2.67. The van der Waals surface area contributed by atoms with E-state index in [2.05, 4.69) is 4.74 Å². The first-order chi connectivity index (χ1) is 25.1. The van der Waals surface area contributed by atoms with E-state index in [1.54, 1.807) is 26.1 Å². The molecule has 0 bridgehead atoms. The number of aliphatic hydroxyl groups excluding tert-OH is 1. The van der Waals surface area contributed by atoms with Crippen molar-refractivity contribution in [2.24, 2.45) is 22.7 Å². The van der Waals surface area contributed by atoms with Crippen LogP contribution in [0.15, 0.2) is 0 Å². The van der Waals surface area contributed by atoms with Crippen LogP contribution in [0.2, 0.25) is 0 Å². The van der Waals surface area contributed by atoms with E-state index < -0.39 is 90.0 Å². The van der Waals surface area contributed by atoms with Gasteiger partial charge in [-0.15, -0.1) is 11.8 Å². The van der Waals surface area contributed by atoms with Gasteiger partial charge in [0.25, 0.3) is 0 Å². The highest BCUT2D eigenvalue weighted by Crippen LogP contribution is 2.58. The lowest BCUT2D eigenvalue weighted by molar-refractivity contribution is -0.405. The highest BCUT2D eigenvalue weighted by Gasteiger charge is 2.85. The molecular formula is C31H46F15NO8S. The minimum absolute atomic E-state index is 0.0662. The van der Waals surface area contributed by atoms with Crippen LogP contribution in [0.25, 0.3) is 0 Å². The number of hydrogen-bond acceptors (Lipinski definition) is 9. The van der Waals surface area contributed by atoms with Crippen LogP contribution < -0.4 is 5.32 Å². The van der Waals surface area contributed by atoms with E-state index in [0.29, 0.717) is 12.2 Å². The van der Waals surface area contributed by atoms with Crippen LogP contribution in [0, 0.1) is 22.7 Å². The molecule has 0 heterocycles. The molecule has 56 heavy (non-hydrogen) atoms. The third-order valence-corrected chi connectivity index (χ3v) is 9.20. The molecule has 2 N–H and O–H groups in total. The van der Waals surface area contributed by atoms with Crippen LogP contribution in [0.5, 0.6) is 0 Å². The Morgan fingerprint density at radius 1 is 0.750 bits per heavy atom. The van der Waals surface area contributed by atoms with Gasteiger partial charge in [0.1, 0.15) is 25.2 Å². The second-order valence-electron chi connectivity index (χ2n) is 13.2. The smallest absolute Gasteiger partial charge is 0.397 e. The van der Waals surface area contributed by atoms with Crippen molar-refractivity contribution >= 4 is 35.6 Å². The summed E-state index contributed by atoms with van der Waals surface area (Å²) in [5.41, 5.74) is -1.82. The number of carbonyl (C=O) groups is 4. The highest BCUT2D eigenvalue weighted by molar-refractivity contribution is 7.99. The first-order valence-electron chi connectivity index (χ1n) is 16.1. The van der Waals surface area contributed by atoms with Crippen LogP contribution in [0.3, 0.4) is 0 Å². The summed E-state index contributed by atoms with van der Waals surface area (Å²) < 4.78 is 200. The van der Waals surface area contributed by atoms with Crippen molar-refractivity contribution in [3.63, 3.8) is 0 Å². The zero-order valence-electron chi connectivity index (χ0n) is 31.3. The number of nitrogens with one attached hydrogen (secondary N) is 1. The Hall–Kier alpha value is -2.86. The molecule has 0 aromatic rings. The van der Waals surface area contributed by atoms with Gasteiger partial charge in [0.2, 0.25) is 5.91 Å². The average molecular weight is 878 g/mol. The fourth-order valence-corrected chi connectivity index (χ4v) is 4.29. The van der Waals surface area contributed by atoms with E-state index in [9.17, 15) is 81.4 Å². The lowest BCUT2D eigenvalue weighted by atomic mass is 9.86. The fourth-order valence-electron chi connectivity index (χ4n) is 3.43. The predicted octanol–water partition coefficient (Wildman–Crippen LogP) is 8.17. The molecule has 1 amide bonds. The molecule has 0 radical (unpaired) electrons. The maximum absolute atomic E-state index is 13.8. The van der Waals surface area contributed by atoms with Gasteiger partial charge in [-0.2, -0.15) is 48.3 Å². The zero-order valence-corrected chi connectivity index (χ0v) is 32.2. The standard InChI is InChI=1S/C16H28O7S.C15H18F13NO.F2/c1-6-16(3,4)15(20)23-8-12(17)7-22-13(18)10-24-9-11(2)14(19)21-5;1-4-10(2,3)9(30)29-6-5-7(13(22,23)24)11(18,19)14(25,26)15(27,28)12(20,21)8(16)17;1-2/h11-12,17H,6-10H2,1-5H3;7-8H,4-6H2,1-3H3,(H,29,30);. The molecule has 0 fully saturated rings. The number of alkyl halides is 13. The largest absolute Gasteiger partial charge is 0.469 e. The van der Waals surface area contributed by atoms with Crippen molar-refractivity contribution in [1.82, 2.24) is 5.32 Å². The van der Waals surface area contributed by atoms with Gasteiger partial charge < -0.3 is 24.6 Å². The van der Waals surface area contributed by atoms with Crippen LogP contribution >= 0.6 is 11.8 Å². The van der Waals surface area contributed by atoms with Crippen molar-refractivity contribution < 1.29 is 105 Å². The third-order valence-electron chi connectivity index (χ3n) is 8.03. The minimum atomic E-state index is -7.53. The summed E-state index contributed by atoms with van der Waals surface area (Å²) >= 11 is 1.25. The Morgan fingerprint density at radius 3 is 1.61 bits per heavy atom. The summed E-state index contributed by atoms with van der Waals surface area (Å²) in [6.07, 6.45) is -14.4. The maximum Gasteiger partial charge on any atom is 0.397 e. The van der Waals surface area contributed by atoms with E-state index in [1.807, 2.05) is 6.92 Å². The quantitative estimate of drug-likeness (QED) is 0.0667. The summed E-state index contributed by atoms with van der Waals surface area (Å²) in [5.74, 6) is -35.7. The van der Waals surface area contributed by atoms with Crippen LogP contribution in [0.4, 0.5) is 66.2 Å². The van der Waals surface area contributed by atoms with Gasteiger partial charge in [0.05, 0.1) is 24.2 Å². The van der Waals surface area contributed by atoms with E-state index in [0.717, 1.165) is 0 Å².